The maximum atomic E-state index is 8.82. The molecule has 0 bridgehead atoms. The molecule has 21 heavy (non-hydrogen) atoms. The van der Waals surface area contributed by atoms with Gasteiger partial charge in [-0.15, -0.1) is 0 Å². The van der Waals surface area contributed by atoms with Crippen molar-refractivity contribution in [1.29, 1.82) is 5.26 Å². The fourth-order valence-electron chi connectivity index (χ4n) is 2.00. The lowest BCUT2D eigenvalue weighted by Gasteiger charge is -2.06. The molecule has 0 aliphatic rings. The van der Waals surface area contributed by atoms with E-state index in [0.717, 1.165) is 23.7 Å². The SMILES string of the molecule is Cc1cccc(CSCCCOc2cccc(C#N)c2)c1. The molecule has 0 atom stereocenters. The largest absolute Gasteiger partial charge is 0.494 e. The zero-order valence-corrected chi connectivity index (χ0v) is 13.0. The molecule has 0 saturated heterocycles. The summed E-state index contributed by atoms with van der Waals surface area (Å²) in [5, 5.41) is 8.82. The highest BCUT2D eigenvalue weighted by atomic mass is 32.2. The van der Waals surface area contributed by atoms with Crippen molar-refractivity contribution >= 4 is 11.8 Å². The Hall–Kier alpha value is -1.92. The molecule has 0 unspecified atom stereocenters. The van der Waals surface area contributed by atoms with Crippen LogP contribution in [0, 0.1) is 18.3 Å². The lowest BCUT2D eigenvalue weighted by molar-refractivity contribution is 0.318. The number of benzene rings is 2. The summed E-state index contributed by atoms with van der Waals surface area (Å²) < 4.78 is 5.66. The second kappa shape index (κ2) is 8.39. The van der Waals surface area contributed by atoms with Gasteiger partial charge in [0, 0.05) is 5.75 Å². The Kier molecular flexibility index (Phi) is 6.18. The molecule has 2 aromatic rings. The molecule has 2 nitrogen and oxygen atoms in total. The van der Waals surface area contributed by atoms with E-state index in [2.05, 4.69) is 37.3 Å². The third-order valence-electron chi connectivity index (χ3n) is 3.02. The van der Waals surface area contributed by atoms with Crippen LogP contribution in [0.15, 0.2) is 48.5 Å². The molecule has 0 saturated carbocycles. The summed E-state index contributed by atoms with van der Waals surface area (Å²) in [6, 6.07) is 18.0. The Morgan fingerprint density at radius 3 is 2.81 bits per heavy atom. The highest BCUT2D eigenvalue weighted by molar-refractivity contribution is 7.98. The number of aryl methyl sites for hydroxylation is 1. The van der Waals surface area contributed by atoms with Gasteiger partial charge in [-0.05, 0) is 42.9 Å². The van der Waals surface area contributed by atoms with Crippen molar-refractivity contribution in [3.05, 3.63) is 65.2 Å². The molecule has 0 aliphatic heterocycles. The topological polar surface area (TPSA) is 33.0 Å². The van der Waals surface area contributed by atoms with E-state index in [4.69, 9.17) is 10.00 Å². The van der Waals surface area contributed by atoms with Gasteiger partial charge in [0.05, 0.1) is 18.2 Å². The minimum Gasteiger partial charge on any atom is -0.494 e. The van der Waals surface area contributed by atoms with Crippen LogP contribution in [0.2, 0.25) is 0 Å². The fourth-order valence-corrected chi connectivity index (χ4v) is 2.88. The Balaban J connectivity index is 1.63. The van der Waals surface area contributed by atoms with E-state index >= 15 is 0 Å². The van der Waals surface area contributed by atoms with E-state index in [1.54, 1.807) is 12.1 Å². The van der Waals surface area contributed by atoms with Crippen LogP contribution in [0.4, 0.5) is 0 Å². The van der Waals surface area contributed by atoms with Crippen LogP contribution in [0.5, 0.6) is 5.75 Å². The van der Waals surface area contributed by atoms with E-state index in [1.165, 1.54) is 11.1 Å². The summed E-state index contributed by atoms with van der Waals surface area (Å²) in [5.41, 5.74) is 3.33. The first-order chi connectivity index (χ1) is 10.3. The molecule has 108 valence electrons. The van der Waals surface area contributed by atoms with Crippen LogP contribution >= 0.6 is 11.8 Å². The van der Waals surface area contributed by atoms with Crippen molar-refractivity contribution in [1.82, 2.24) is 0 Å². The minimum absolute atomic E-state index is 0.640. The summed E-state index contributed by atoms with van der Waals surface area (Å²) in [6.45, 7) is 2.81. The molecule has 2 rings (SSSR count). The third-order valence-corrected chi connectivity index (χ3v) is 4.13. The fraction of sp³-hybridized carbons (Fsp3) is 0.278. The van der Waals surface area contributed by atoms with Crippen molar-refractivity contribution in [3.8, 4) is 11.8 Å². The van der Waals surface area contributed by atoms with Crippen LogP contribution in [-0.2, 0) is 5.75 Å². The Bertz CT molecular complexity index is 619. The molecular weight excluding hydrogens is 278 g/mol. The van der Waals surface area contributed by atoms with Gasteiger partial charge >= 0.3 is 0 Å². The average molecular weight is 297 g/mol. The van der Waals surface area contributed by atoms with Crippen LogP contribution in [0.25, 0.3) is 0 Å². The maximum absolute atomic E-state index is 8.82. The average Bonchev–Trinajstić information content (AvgIpc) is 2.51. The van der Waals surface area contributed by atoms with Crippen LogP contribution in [0.1, 0.15) is 23.1 Å². The molecule has 3 heteroatoms. The summed E-state index contributed by atoms with van der Waals surface area (Å²) in [4.78, 5) is 0. The number of nitriles is 1. The molecule has 0 fully saturated rings. The second-order valence-electron chi connectivity index (χ2n) is 4.88. The van der Waals surface area contributed by atoms with E-state index < -0.39 is 0 Å². The van der Waals surface area contributed by atoms with Crippen molar-refractivity contribution in [3.63, 3.8) is 0 Å². The minimum atomic E-state index is 0.640. The summed E-state index contributed by atoms with van der Waals surface area (Å²) >= 11 is 1.93. The van der Waals surface area contributed by atoms with E-state index in [1.807, 2.05) is 23.9 Å². The summed E-state index contributed by atoms with van der Waals surface area (Å²) in [5.74, 6) is 2.90. The third kappa shape index (κ3) is 5.53. The predicted octanol–water partition coefficient (Wildman–Crippen LogP) is 4.57. The van der Waals surface area contributed by atoms with Gasteiger partial charge in [-0.2, -0.15) is 17.0 Å². The van der Waals surface area contributed by atoms with Crippen molar-refractivity contribution in [2.75, 3.05) is 12.4 Å². The van der Waals surface area contributed by atoms with Crippen LogP contribution in [-0.4, -0.2) is 12.4 Å². The number of thioether (sulfide) groups is 1. The molecule has 2 aromatic carbocycles. The monoisotopic (exact) mass is 297 g/mol. The normalized spacial score (nSPS) is 10.1. The Labute approximate surface area is 130 Å². The van der Waals surface area contributed by atoms with Crippen molar-refractivity contribution in [2.24, 2.45) is 0 Å². The maximum Gasteiger partial charge on any atom is 0.120 e. The van der Waals surface area contributed by atoms with Gasteiger partial charge in [-0.3, -0.25) is 0 Å². The zero-order valence-electron chi connectivity index (χ0n) is 12.2. The number of rotatable bonds is 7. The van der Waals surface area contributed by atoms with Crippen molar-refractivity contribution in [2.45, 2.75) is 19.1 Å². The van der Waals surface area contributed by atoms with Gasteiger partial charge in [-0.25, -0.2) is 0 Å². The number of hydrogen-bond acceptors (Lipinski definition) is 3. The second-order valence-corrected chi connectivity index (χ2v) is 5.99. The first-order valence-electron chi connectivity index (χ1n) is 7.04. The molecular formula is C18H19NOS. The van der Waals surface area contributed by atoms with Gasteiger partial charge in [0.25, 0.3) is 0 Å². The molecule has 0 heterocycles. The molecule has 0 amide bonds. The molecule has 0 N–H and O–H groups in total. The van der Waals surface area contributed by atoms with Crippen molar-refractivity contribution < 1.29 is 4.74 Å². The standard InChI is InChI=1S/C18H19NOS/c1-15-5-2-7-17(11-15)14-21-10-4-9-20-18-8-3-6-16(12-18)13-19/h2-3,5-8,11-12H,4,9-10,14H2,1H3. The Morgan fingerprint density at radius 2 is 2.00 bits per heavy atom. The Morgan fingerprint density at radius 1 is 1.14 bits per heavy atom. The number of hydrogen-bond donors (Lipinski definition) is 0. The number of ether oxygens (including phenoxy) is 1. The van der Waals surface area contributed by atoms with Gasteiger partial charge in [0.1, 0.15) is 5.75 Å². The summed E-state index contributed by atoms with van der Waals surface area (Å²) in [7, 11) is 0. The van der Waals surface area contributed by atoms with Gasteiger partial charge < -0.3 is 4.74 Å². The first-order valence-corrected chi connectivity index (χ1v) is 8.19. The molecule has 0 aromatic heterocycles. The zero-order chi connectivity index (χ0) is 14.9. The van der Waals surface area contributed by atoms with E-state index in [9.17, 15) is 0 Å². The van der Waals surface area contributed by atoms with Crippen LogP contribution < -0.4 is 4.74 Å². The lowest BCUT2D eigenvalue weighted by atomic mass is 10.2. The first kappa shape index (κ1) is 15.5. The smallest absolute Gasteiger partial charge is 0.120 e. The highest BCUT2D eigenvalue weighted by Gasteiger charge is 1.97. The summed E-state index contributed by atoms with van der Waals surface area (Å²) in [6.07, 6.45) is 1.01. The lowest BCUT2D eigenvalue weighted by Crippen LogP contribution is -1.99. The van der Waals surface area contributed by atoms with E-state index in [0.29, 0.717) is 12.2 Å². The quantitative estimate of drug-likeness (QED) is 0.702. The number of nitrogens with zero attached hydrogens (tertiary/aromatic N) is 1. The molecule has 0 spiro atoms. The predicted molar refractivity (Wildman–Crippen MR) is 88.6 cm³/mol. The van der Waals surface area contributed by atoms with Gasteiger partial charge in [-0.1, -0.05) is 35.9 Å². The molecule has 0 radical (unpaired) electrons. The van der Waals surface area contributed by atoms with Gasteiger partial charge in [0.2, 0.25) is 0 Å². The van der Waals surface area contributed by atoms with Gasteiger partial charge in [0.15, 0.2) is 0 Å². The van der Waals surface area contributed by atoms with E-state index in [-0.39, 0.29) is 0 Å². The van der Waals surface area contributed by atoms with Crippen LogP contribution in [0.3, 0.4) is 0 Å². The highest BCUT2D eigenvalue weighted by Crippen LogP contribution is 2.16. The molecule has 0 aliphatic carbocycles.